The van der Waals surface area contributed by atoms with Crippen molar-refractivity contribution in [2.45, 2.75) is 232 Å². The Labute approximate surface area is 431 Å². The smallest absolute Gasteiger partial charge is 0.306 e. The van der Waals surface area contributed by atoms with Crippen molar-refractivity contribution in [2.24, 2.45) is 0 Å². The Balaban J connectivity index is 4.46. The standard InChI is InChI=1S/C65H104O5/c1-4-7-10-13-16-19-22-25-28-30-32-34-36-39-42-45-48-51-54-57-60-68-61-63(70-65(67)59-56-53-50-47-44-41-37-27-24-21-18-15-12-9-6-3)62-69-64(66)58-55-52-49-46-43-40-38-35-33-31-29-26-23-20-17-14-11-8-5-2/h7,9-10,12,16-21,25-29,32-35,37,39,42,48,51,63H,4-6,8,11,13-15,22-24,30-31,36,38,40-41,43-47,49-50,52-62H2,1-3H3/b10-7-,12-9-,19-16-,20-17-,21-18-,28-25-,29-26-,34-32-,35-33-,37-27-,42-39-,51-48-. The fourth-order valence-corrected chi connectivity index (χ4v) is 7.19. The second-order valence-electron chi connectivity index (χ2n) is 18.1. The normalized spacial score (nSPS) is 13.4. The number of carbonyl (C=O) groups excluding carboxylic acids is 2. The molecule has 70 heavy (non-hydrogen) atoms. The Hall–Kier alpha value is -4.22. The Morgan fingerprint density at radius 1 is 0.329 bits per heavy atom. The molecule has 0 spiro atoms. The molecule has 0 amide bonds. The highest BCUT2D eigenvalue weighted by Gasteiger charge is 2.17. The van der Waals surface area contributed by atoms with E-state index in [4.69, 9.17) is 14.2 Å². The molecule has 0 heterocycles. The van der Waals surface area contributed by atoms with Crippen LogP contribution in [0.5, 0.6) is 0 Å². The van der Waals surface area contributed by atoms with E-state index in [1.165, 1.54) is 51.4 Å². The summed E-state index contributed by atoms with van der Waals surface area (Å²) in [6.45, 7) is 7.38. The highest BCUT2D eigenvalue weighted by Crippen LogP contribution is 2.12. The van der Waals surface area contributed by atoms with Gasteiger partial charge in [-0.25, -0.2) is 0 Å². The summed E-state index contributed by atoms with van der Waals surface area (Å²) in [4.78, 5) is 25.5. The summed E-state index contributed by atoms with van der Waals surface area (Å²) >= 11 is 0. The molecule has 1 atom stereocenters. The van der Waals surface area contributed by atoms with Gasteiger partial charge in [-0.3, -0.25) is 9.59 Å². The maximum absolute atomic E-state index is 12.8. The largest absolute Gasteiger partial charge is 0.462 e. The van der Waals surface area contributed by atoms with Crippen LogP contribution in [0, 0.1) is 0 Å². The molecule has 0 saturated heterocycles. The Bertz CT molecular complexity index is 1510. The fraction of sp³-hybridized carbons (Fsp3) is 0.600. The molecule has 0 fully saturated rings. The maximum atomic E-state index is 12.8. The zero-order chi connectivity index (χ0) is 50.6. The predicted molar refractivity (Wildman–Crippen MR) is 306 cm³/mol. The number of esters is 2. The first-order valence-corrected chi connectivity index (χ1v) is 28.4. The molecular formula is C65H104O5. The molecule has 0 radical (unpaired) electrons. The van der Waals surface area contributed by atoms with Crippen molar-refractivity contribution in [3.8, 4) is 0 Å². The first-order valence-electron chi connectivity index (χ1n) is 28.4. The van der Waals surface area contributed by atoms with Gasteiger partial charge in [-0.1, -0.05) is 224 Å². The number of allylic oxidation sites excluding steroid dienone is 24. The van der Waals surface area contributed by atoms with Gasteiger partial charge in [0.05, 0.1) is 6.61 Å². The first kappa shape index (κ1) is 65.8. The van der Waals surface area contributed by atoms with Gasteiger partial charge >= 0.3 is 11.9 Å². The van der Waals surface area contributed by atoms with Gasteiger partial charge < -0.3 is 14.2 Å². The summed E-state index contributed by atoms with van der Waals surface area (Å²) in [6, 6.07) is 0. The van der Waals surface area contributed by atoms with Gasteiger partial charge in [-0.2, -0.15) is 0 Å². The third-order valence-electron chi connectivity index (χ3n) is 11.3. The molecule has 5 heteroatoms. The van der Waals surface area contributed by atoms with Gasteiger partial charge in [-0.05, 0) is 135 Å². The number of carbonyl (C=O) groups is 2. The Kier molecular flexibility index (Phi) is 55.5. The van der Waals surface area contributed by atoms with E-state index in [0.717, 1.165) is 141 Å². The van der Waals surface area contributed by atoms with E-state index in [1.54, 1.807) is 0 Å². The van der Waals surface area contributed by atoms with Crippen LogP contribution in [-0.2, 0) is 23.8 Å². The number of unbranched alkanes of at least 4 members (excludes halogenated alkanes) is 15. The van der Waals surface area contributed by atoms with E-state index in [-0.39, 0.29) is 25.2 Å². The first-order chi connectivity index (χ1) is 34.6. The van der Waals surface area contributed by atoms with Crippen molar-refractivity contribution in [3.63, 3.8) is 0 Å². The highest BCUT2D eigenvalue weighted by molar-refractivity contribution is 5.70. The molecule has 0 rings (SSSR count). The monoisotopic (exact) mass is 965 g/mol. The molecule has 0 aromatic carbocycles. The molecule has 394 valence electrons. The van der Waals surface area contributed by atoms with Gasteiger partial charge in [0.15, 0.2) is 6.10 Å². The van der Waals surface area contributed by atoms with Gasteiger partial charge in [0.2, 0.25) is 0 Å². The second kappa shape index (κ2) is 59.1. The van der Waals surface area contributed by atoms with Gasteiger partial charge in [-0.15, -0.1) is 0 Å². The SMILES string of the molecule is CC/C=C\C/C=C\C/C=C\C/C=C\C/C=C\C/C=C\CCCOCC(COC(=O)CCCCCCCC/C=C\C/C=C\C/C=C\CCCCC)OC(=O)CCCCCCC/C=C\C/C=C\C/C=C\CC. The van der Waals surface area contributed by atoms with E-state index >= 15 is 0 Å². The topological polar surface area (TPSA) is 61.8 Å². The van der Waals surface area contributed by atoms with Crippen molar-refractivity contribution in [1.82, 2.24) is 0 Å². The molecule has 0 aromatic rings. The van der Waals surface area contributed by atoms with Crippen molar-refractivity contribution in [1.29, 1.82) is 0 Å². The van der Waals surface area contributed by atoms with E-state index in [2.05, 4.69) is 167 Å². The minimum absolute atomic E-state index is 0.0381. The van der Waals surface area contributed by atoms with E-state index in [1.807, 2.05) is 0 Å². The summed E-state index contributed by atoms with van der Waals surface area (Å²) in [7, 11) is 0. The number of rotatable bonds is 50. The number of hydrogen-bond donors (Lipinski definition) is 0. The zero-order valence-electron chi connectivity index (χ0n) is 45.2. The van der Waals surface area contributed by atoms with Gasteiger partial charge in [0.25, 0.3) is 0 Å². The number of hydrogen-bond acceptors (Lipinski definition) is 5. The van der Waals surface area contributed by atoms with Crippen LogP contribution in [-0.4, -0.2) is 37.9 Å². The van der Waals surface area contributed by atoms with E-state index < -0.39 is 6.10 Å². The molecule has 0 N–H and O–H groups in total. The quantitative estimate of drug-likeness (QED) is 0.0345. The third-order valence-corrected chi connectivity index (χ3v) is 11.3. The van der Waals surface area contributed by atoms with Gasteiger partial charge in [0, 0.05) is 19.4 Å². The van der Waals surface area contributed by atoms with Crippen LogP contribution in [0.25, 0.3) is 0 Å². The molecule has 0 bridgehead atoms. The third kappa shape index (κ3) is 56.4. The van der Waals surface area contributed by atoms with Crippen molar-refractivity contribution >= 4 is 11.9 Å². The minimum Gasteiger partial charge on any atom is -0.462 e. The average Bonchev–Trinajstić information content (AvgIpc) is 3.36. The van der Waals surface area contributed by atoms with Crippen LogP contribution in [0.4, 0.5) is 0 Å². The molecule has 0 aliphatic carbocycles. The van der Waals surface area contributed by atoms with E-state index in [0.29, 0.717) is 19.4 Å². The van der Waals surface area contributed by atoms with Crippen molar-refractivity contribution in [2.75, 3.05) is 19.8 Å². The maximum Gasteiger partial charge on any atom is 0.306 e. The Morgan fingerprint density at radius 2 is 0.643 bits per heavy atom. The van der Waals surface area contributed by atoms with Crippen LogP contribution in [0.3, 0.4) is 0 Å². The molecule has 0 saturated carbocycles. The average molecular weight is 966 g/mol. The lowest BCUT2D eigenvalue weighted by Crippen LogP contribution is -2.30. The lowest BCUT2D eigenvalue weighted by molar-refractivity contribution is -0.163. The van der Waals surface area contributed by atoms with Crippen molar-refractivity contribution in [3.05, 3.63) is 146 Å². The van der Waals surface area contributed by atoms with Crippen LogP contribution in [0.15, 0.2) is 146 Å². The zero-order valence-corrected chi connectivity index (χ0v) is 45.2. The van der Waals surface area contributed by atoms with Gasteiger partial charge in [0.1, 0.15) is 6.61 Å². The summed E-state index contributed by atoms with van der Waals surface area (Å²) < 4.78 is 17.4. The number of ether oxygens (including phenoxy) is 3. The highest BCUT2D eigenvalue weighted by atomic mass is 16.6. The summed E-state index contributed by atoms with van der Waals surface area (Å²) in [5.41, 5.74) is 0. The lowest BCUT2D eigenvalue weighted by atomic mass is 10.1. The summed E-state index contributed by atoms with van der Waals surface area (Å²) in [5.74, 6) is -0.473. The van der Waals surface area contributed by atoms with Crippen molar-refractivity contribution < 1.29 is 23.8 Å². The van der Waals surface area contributed by atoms with Crippen LogP contribution in [0.2, 0.25) is 0 Å². The molecular weight excluding hydrogens is 861 g/mol. The minimum atomic E-state index is -0.593. The van der Waals surface area contributed by atoms with Crippen LogP contribution in [0.1, 0.15) is 226 Å². The summed E-state index contributed by atoms with van der Waals surface area (Å²) in [6.07, 6.45) is 85.9. The Morgan fingerprint density at radius 3 is 1.03 bits per heavy atom. The molecule has 5 nitrogen and oxygen atoms in total. The second-order valence-corrected chi connectivity index (χ2v) is 18.1. The predicted octanol–water partition coefficient (Wildman–Crippen LogP) is 19.7. The summed E-state index contributed by atoms with van der Waals surface area (Å²) in [5, 5.41) is 0. The molecule has 0 aliphatic heterocycles. The fourth-order valence-electron chi connectivity index (χ4n) is 7.19. The lowest BCUT2D eigenvalue weighted by Gasteiger charge is -2.18. The van der Waals surface area contributed by atoms with Crippen LogP contribution < -0.4 is 0 Å². The van der Waals surface area contributed by atoms with E-state index in [9.17, 15) is 9.59 Å². The van der Waals surface area contributed by atoms with Crippen LogP contribution >= 0.6 is 0 Å². The molecule has 0 aromatic heterocycles. The molecule has 1 unspecified atom stereocenters. The molecule has 0 aliphatic rings.